The second kappa shape index (κ2) is 10.7. The van der Waals surface area contributed by atoms with Crippen molar-refractivity contribution in [2.45, 2.75) is 0 Å². The van der Waals surface area contributed by atoms with Gasteiger partial charge in [-0.25, -0.2) is 4.68 Å². The fourth-order valence-corrected chi connectivity index (χ4v) is 5.71. The van der Waals surface area contributed by atoms with Crippen LogP contribution in [0.4, 0.5) is 5.69 Å². The van der Waals surface area contributed by atoms with Gasteiger partial charge in [0.05, 0.1) is 55.4 Å². The predicted molar refractivity (Wildman–Crippen MR) is 171 cm³/mol. The lowest BCUT2D eigenvalue weighted by Gasteiger charge is -2.18. The van der Waals surface area contributed by atoms with E-state index in [4.69, 9.17) is 30.1 Å². The summed E-state index contributed by atoms with van der Waals surface area (Å²) < 4.78 is 20.0. The lowest BCUT2D eigenvalue weighted by molar-refractivity contribution is 0.377. The Balaban J connectivity index is 1.60. The molecule has 3 aromatic heterocycles. The molecule has 11 heteroatoms. The average Bonchev–Trinajstić information content (AvgIpc) is 3.50. The van der Waals surface area contributed by atoms with Crippen LogP contribution in [0.2, 0.25) is 0 Å². The molecule has 0 saturated carbocycles. The van der Waals surface area contributed by atoms with E-state index < -0.39 is 5.56 Å². The van der Waals surface area contributed by atoms with Crippen LogP contribution in [-0.2, 0) is 0 Å². The Labute approximate surface area is 256 Å². The second-order valence-corrected chi connectivity index (χ2v) is 10.2. The highest BCUT2D eigenvalue weighted by Crippen LogP contribution is 2.46. The molecule has 0 amide bonds. The van der Waals surface area contributed by atoms with Gasteiger partial charge in [-0.2, -0.15) is 25.0 Å². The first kappa shape index (κ1) is 27.4. The van der Waals surface area contributed by atoms with Crippen molar-refractivity contribution in [2.75, 3.05) is 27.1 Å². The molecule has 0 unspecified atom stereocenters. The summed E-state index contributed by atoms with van der Waals surface area (Å²) in [4.78, 5) is 18.4. The third kappa shape index (κ3) is 4.19. The van der Waals surface area contributed by atoms with Crippen LogP contribution in [-0.4, -0.2) is 45.7 Å². The van der Waals surface area contributed by atoms with Gasteiger partial charge in [0.25, 0.3) is 5.56 Å². The second-order valence-electron chi connectivity index (χ2n) is 10.2. The molecule has 45 heavy (non-hydrogen) atoms. The zero-order valence-corrected chi connectivity index (χ0v) is 24.5. The van der Waals surface area contributed by atoms with Crippen molar-refractivity contribution in [1.82, 2.24) is 24.4 Å². The molecule has 220 valence electrons. The summed E-state index contributed by atoms with van der Waals surface area (Å²) in [5.41, 5.74) is 10.1. The van der Waals surface area contributed by atoms with Crippen LogP contribution in [0.5, 0.6) is 17.2 Å². The van der Waals surface area contributed by atoms with Crippen LogP contribution in [0.25, 0.3) is 55.5 Å². The van der Waals surface area contributed by atoms with Gasteiger partial charge in [0.15, 0.2) is 11.3 Å². The average molecular weight is 596 g/mol. The van der Waals surface area contributed by atoms with Gasteiger partial charge < -0.3 is 19.9 Å². The van der Waals surface area contributed by atoms with Crippen LogP contribution in [0.1, 0.15) is 5.56 Å². The van der Waals surface area contributed by atoms with Gasteiger partial charge in [-0.3, -0.25) is 4.79 Å². The van der Waals surface area contributed by atoms with Crippen molar-refractivity contribution in [3.05, 3.63) is 101 Å². The van der Waals surface area contributed by atoms with Crippen LogP contribution in [0.3, 0.4) is 0 Å². The number of fused-ring (bicyclic) bond motifs is 5. The summed E-state index contributed by atoms with van der Waals surface area (Å²) >= 11 is 0. The molecule has 0 aliphatic carbocycles. The van der Waals surface area contributed by atoms with Crippen molar-refractivity contribution in [1.29, 1.82) is 5.26 Å². The normalized spacial score (nSPS) is 11.2. The fraction of sp³-hybridized carbons (Fsp3) is 0.0882. The van der Waals surface area contributed by atoms with Gasteiger partial charge in [-0.1, -0.05) is 48.5 Å². The fourth-order valence-electron chi connectivity index (χ4n) is 5.71. The van der Waals surface area contributed by atoms with Gasteiger partial charge in [0, 0.05) is 28.6 Å². The number of hydrogen-bond donors (Lipinski definition) is 1. The molecule has 11 nitrogen and oxygen atoms in total. The highest BCUT2D eigenvalue weighted by atomic mass is 16.5. The molecule has 7 aromatic rings. The van der Waals surface area contributed by atoms with E-state index in [1.54, 1.807) is 33.6 Å². The molecule has 0 aliphatic heterocycles. The van der Waals surface area contributed by atoms with E-state index in [1.165, 1.54) is 21.3 Å². The first-order chi connectivity index (χ1) is 22.0. The summed E-state index contributed by atoms with van der Waals surface area (Å²) in [5.74, 6) is 1.36. The minimum atomic E-state index is -0.499. The maximum atomic E-state index is 13.9. The third-order valence-electron chi connectivity index (χ3n) is 7.76. The van der Waals surface area contributed by atoms with E-state index in [0.717, 1.165) is 11.3 Å². The highest BCUT2D eigenvalue weighted by Gasteiger charge is 2.26. The monoisotopic (exact) mass is 595 g/mol. The maximum absolute atomic E-state index is 13.9. The van der Waals surface area contributed by atoms with Crippen molar-refractivity contribution in [2.24, 2.45) is 0 Å². The van der Waals surface area contributed by atoms with Crippen LogP contribution in [0, 0.1) is 11.3 Å². The molecule has 0 atom stereocenters. The number of nitrogen functional groups attached to an aromatic ring is 1. The molecule has 3 heterocycles. The van der Waals surface area contributed by atoms with E-state index in [9.17, 15) is 10.1 Å². The molecule has 2 N–H and O–H groups in total. The summed E-state index contributed by atoms with van der Waals surface area (Å²) in [6.07, 6.45) is 1.63. The Morgan fingerprint density at radius 1 is 0.867 bits per heavy atom. The van der Waals surface area contributed by atoms with E-state index >= 15 is 0 Å². The Bertz CT molecular complexity index is 2350. The number of benzene rings is 4. The lowest BCUT2D eigenvalue weighted by Crippen LogP contribution is -2.14. The SMILES string of the molecule is COc1cc(OC)c(-c2cc3cnn4c(nc(=O)c5c(-c6ccccc6)nn(-c6ccccc6)c54)c3c(N)c2C#N)c(OC)c1. The largest absolute Gasteiger partial charge is 0.496 e. The predicted octanol–water partition coefficient (Wildman–Crippen LogP) is 5.40. The summed E-state index contributed by atoms with van der Waals surface area (Å²) in [6, 6.07) is 26.3. The number of aromatic nitrogens is 5. The lowest BCUT2D eigenvalue weighted by atomic mass is 9.93. The van der Waals surface area contributed by atoms with Crippen molar-refractivity contribution in [3.8, 4) is 51.4 Å². The molecule has 7 rings (SSSR count). The zero-order chi connectivity index (χ0) is 31.2. The zero-order valence-electron chi connectivity index (χ0n) is 24.5. The van der Waals surface area contributed by atoms with Crippen LogP contribution < -0.4 is 25.5 Å². The minimum absolute atomic E-state index is 0.130. The van der Waals surface area contributed by atoms with Gasteiger partial charge in [-0.05, 0) is 18.2 Å². The molecule has 0 aliphatic rings. The quantitative estimate of drug-likeness (QED) is 0.198. The molecule has 0 bridgehead atoms. The molecular formula is C34H25N7O4. The third-order valence-corrected chi connectivity index (χ3v) is 7.76. The number of hydrogen-bond acceptors (Lipinski definition) is 9. The molecular weight excluding hydrogens is 570 g/mol. The van der Waals surface area contributed by atoms with E-state index in [0.29, 0.717) is 55.9 Å². The number of nitriles is 1. The Hall–Kier alpha value is -6.41. The molecule has 0 fully saturated rings. The van der Waals surface area contributed by atoms with E-state index in [2.05, 4.69) is 11.1 Å². The first-order valence-corrected chi connectivity index (χ1v) is 13.9. The van der Waals surface area contributed by atoms with E-state index in [-0.39, 0.29) is 16.9 Å². The Morgan fingerprint density at radius 3 is 2.16 bits per heavy atom. The van der Waals surface area contributed by atoms with Crippen molar-refractivity contribution >= 4 is 33.1 Å². The topological polar surface area (TPSA) is 143 Å². The number of anilines is 1. The molecule has 4 aromatic carbocycles. The number of rotatable bonds is 6. The maximum Gasteiger partial charge on any atom is 0.285 e. The molecule has 0 radical (unpaired) electrons. The van der Waals surface area contributed by atoms with Gasteiger partial charge in [-0.15, -0.1) is 0 Å². The molecule has 0 spiro atoms. The standard InChI is InChI=1S/C34H25N7O4/c1-43-22-15-25(44-2)28(26(16-22)45-3)23-14-20-18-37-41-32(27(20)30(36)24(23)17-35)38-33(42)29-31(19-10-6-4-7-11-19)39-40(34(29)41)21-12-8-5-9-13-21/h4-16,18H,36H2,1-3H3. The van der Waals surface area contributed by atoms with Crippen LogP contribution in [0.15, 0.2) is 89.9 Å². The number of ether oxygens (including phenoxy) is 3. The minimum Gasteiger partial charge on any atom is -0.496 e. The smallest absolute Gasteiger partial charge is 0.285 e. The van der Waals surface area contributed by atoms with Gasteiger partial charge in [0.2, 0.25) is 0 Å². The van der Waals surface area contributed by atoms with Crippen molar-refractivity contribution < 1.29 is 14.2 Å². The Kier molecular flexibility index (Phi) is 6.52. The molecule has 0 saturated heterocycles. The van der Waals surface area contributed by atoms with Gasteiger partial charge in [0.1, 0.15) is 34.4 Å². The highest BCUT2D eigenvalue weighted by molar-refractivity contribution is 6.09. The summed E-state index contributed by atoms with van der Waals surface area (Å²) in [7, 11) is 4.58. The van der Waals surface area contributed by atoms with Gasteiger partial charge >= 0.3 is 0 Å². The number of methoxy groups -OCH3 is 3. The number of nitrogens with zero attached hydrogens (tertiary/aromatic N) is 6. The first-order valence-electron chi connectivity index (χ1n) is 13.9. The van der Waals surface area contributed by atoms with Crippen molar-refractivity contribution in [3.63, 3.8) is 0 Å². The van der Waals surface area contributed by atoms with E-state index in [1.807, 2.05) is 60.7 Å². The van der Waals surface area contributed by atoms with Crippen LogP contribution >= 0.6 is 0 Å². The number of nitrogens with two attached hydrogens (primary N) is 1. The summed E-state index contributed by atoms with van der Waals surface area (Å²) in [5, 5.41) is 21.3. The summed E-state index contributed by atoms with van der Waals surface area (Å²) in [6.45, 7) is 0. The Morgan fingerprint density at radius 2 is 1.53 bits per heavy atom. The number of para-hydroxylation sites is 1.